The predicted octanol–water partition coefficient (Wildman–Crippen LogP) is 1.74. The molecule has 0 aliphatic heterocycles. The Morgan fingerprint density at radius 2 is 2.10 bits per heavy atom. The fourth-order valence-corrected chi connectivity index (χ4v) is 2.42. The van der Waals surface area contributed by atoms with Crippen molar-refractivity contribution in [2.75, 3.05) is 34.7 Å². The van der Waals surface area contributed by atoms with Gasteiger partial charge in [0.15, 0.2) is 5.96 Å². The van der Waals surface area contributed by atoms with Gasteiger partial charge in [-0.05, 0) is 43.0 Å². The van der Waals surface area contributed by atoms with E-state index >= 15 is 0 Å². The number of halogens is 1. The summed E-state index contributed by atoms with van der Waals surface area (Å²) in [4.78, 5) is 8.66. The molecule has 1 rings (SSSR count). The minimum atomic E-state index is 0.462. The lowest BCUT2D eigenvalue weighted by Crippen LogP contribution is -2.44. The molecule has 6 heteroatoms. The third-order valence-electron chi connectivity index (χ3n) is 3.48. The van der Waals surface area contributed by atoms with Crippen LogP contribution in [0.4, 0.5) is 0 Å². The summed E-state index contributed by atoms with van der Waals surface area (Å²) in [5, 5.41) is 3.41. The summed E-state index contributed by atoms with van der Waals surface area (Å²) in [6, 6.07) is 2.59. The molecule has 0 amide bonds. The molecule has 1 atom stereocenters. The van der Waals surface area contributed by atoms with Gasteiger partial charge < -0.3 is 19.7 Å². The number of aromatic nitrogens is 1. The predicted molar refractivity (Wildman–Crippen MR) is 89.1 cm³/mol. The molecule has 1 aromatic heterocycles. The van der Waals surface area contributed by atoms with Crippen LogP contribution >= 0.6 is 15.9 Å². The van der Waals surface area contributed by atoms with Crippen LogP contribution in [0.3, 0.4) is 0 Å². The third kappa shape index (κ3) is 4.83. The summed E-state index contributed by atoms with van der Waals surface area (Å²) in [5.74, 6) is 0.913. The number of likely N-dealkylation sites (N-methyl/N-ethyl adjacent to an activating group) is 1. The summed E-state index contributed by atoms with van der Waals surface area (Å²) in [5.41, 5.74) is 1.24. The second-order valence-corrected chi connectivity index (χ2v) is 6.27. The smallest absolute Gasteiger partial charge is 0.193 e. The molecule has 20 heavy (non-hydrogen) atoms. The van der Waals surface area contributed by atoms with Crippen LogP contribution in [0.1, 0.15) is 12.6 Å². The first-order chi connectivity index (χ1) is 9.35. The SMILES string of the molecule is CN=C(NCC(C)N(C)C)N(C)Cc1cc(Br)cn1C. The lowest BCUT2D eigenvalue weighted by atomic mass is 10.3. The van der Waals surface area contributed by atoms with E-state index in [0.717, 1.165) is 23.5 Å². The number of hydrogen-bond donors (Lipinski definition) is 1. The van der Waals surface area contributed by atoms with Crippen LogP contribution < -0.4 is 5.32 Å². The molecule has 0 aliphatic rings. The highest BCUT2D eigenvalue weighted by molar-refractivity contribution is 9.10. The molecule has 1 heterocycles. The van der Waals surface area contributed by atoms with Gasteiger partial charge in [-0.25, -0.2) is 0 Å². The zero-order chi connectivity index (χ0) is 15.3. The van der Waals surface area contributed by atoms with Crippen LogP contribution in [0, 0.1) is 0 Å². The van der Waals surface area contributed by atoms with Crippen molar-refractivity contribution in [1.82, 2.24) is 19.7 Å². The van der Waals surface area contributed by atoms with Crippen molar-refractivity contribution in [3.05, 3.63) is 22.4 Å². The van der Waals surface area contributed by atoms with Gasteiger partial charge in [0, 0.05) is 50.1 Å². The van der Waals surface area contributed by atoms with E-state index in [1.165, 1.54) is 5.69 Å². The molecule has 1 aromatic rings. The largest absolute Gasteiger partial charge is 0.355 e. The fourth-order valence-electron chi connectivity index (χ4n) is 1.85. The van der Waals surface area contributed by atoms with Crippen LogP contribution in [0.5, 0.6) is 0 Å². The first kappa shape index (κ1) is 17.0. The maximum atomic E-state index is 4.34. The second kappa shape index (κ2) is 7.69. The van der Waals surface area contributed by atoms with Gasteiger partial charge in [-0.3, -0.25) is 4.99 Å². The summed E-state index contributed by atoms with van der Waals surface area (Å²) in [6.07, 6.45) is 2.06. The normalized spacial score (nSPS) is 13.7. The van der Waals surface area contributed by atoms with E-state index in [1.54, 1.807) is 0 Å². The van der Waals surface area contributed by atoms with Crippen molar-refractivity contribution in [3.63, 3.8) is 0 Å². The molecule has 1 unspecified atom stereocenters. The maximum absolute atomic E-state index is 4.34. The summed E-state index contributed by atoms with van der Waals surface area (Å²) in [7, 11) is 10.1. The Kier molecular flexibility index (Phi) is 6.55. The minimum Gasteiger partial charge on any atom is -0.355 e. The Labute approximate surface area is 130 Å². The van der Waals surface area contributed by atoms with Gasteiger partial charge in [0.25, 0.3) is 0 Å². The van der Waals surface area contributed by atoms with Crippen molar-refractivity contribution in [1.29, 1.82) is 0 Å². The lowest BCUT2D eigenvalue weighted by Gasteiger charge is -2.26. The number of hydrogen-bond acceptors (Lipinski definition) is 2. The fraction of sp³-hybridized carbons (Fsp3) is 0.643. The minimum absolute atomic E-state index is 0.462. The molecule has 0 saturated carbocycles. The quantitative estimate of drug-likeness (QED) is 0.653. The Morgan fingerprint density at radius 3 is 2.55 bits per heavy atom. The van der Waals surface area contributed by atoms with E-state index < -0.39 is 0 Å². The van der Waals surface area contributed by atoms with Crippen molar-refractivity contribution in [2.24, 2.45) is 12.0 Å². The zero-order valence-electron chi connectivity index (χ0n) is 13.3. The van der Waals surface area contributed by atoms with Crippen molar-refractivity contribution < 1.29 is 0 Å². The van der Waals surface area contributed by atoms with Crippen LogP contribution in [0.2, 0.25) is 0 Å². The van der Waals surface area contributed by atoms with Crippen LogP contribution in [0.25, 0.3) is 0 Å². The van der Waals surface area contributed by atoms with E-state index in [2.05, 4.69) is 88.0 Å². The number of nitrogens with zero attached hydrogens (tertiary/aromatic N) is 4. The highest BCUT2D eigenvalue weighted by atomic mass is 79.9. The molecule has 0 aromatic carbocycles. The van der Waals surface area contributed by atoms with Gasteiger partial charge in [0.1, 0.15) is 0 Å². The van der Waals surface area contributed by atoms with Crippen molar-refractivity contribution in [3.8, 4) is 0 Å². The molecule has 114 valence electrons. The molecule has 5 nitrogen and oxygen atoms in total. The average Bonchev–Trinajstić information content (AvgIpc) is 2.68. The van der Waals surface area contributed by atoms with E-state index in [-0.39, 0.29) is 0 Å². The highest BCUT2D eigenvalue weighted by Gasteiger charge is 2.11. The zero-order valence-corrected chi connectivity index (χ0v) is 14.9. The molecule has 1 N–H and O–H groups in total. The van der Waals surface area contributed by atoms with Crippen LogP contribution in [0.15, 0.2) is 21.7 Å². The number of guanidine groups is 1. The number of aryl methyl sites for hydroxylation is 1. The molecule has 0 bridgehead atoms. The topological polar surface area (TPSA) is 35.8 Å². The van der Waals surface area contributed by atoms with Gasteiger partial charge in [-0.15, -0.1) is 0 Å². The Bertz CT molecular complexity index is 452. The highest BCUT2D eigenvalue weighted by Crippen LogP contribution is 2.14. The van der Waals surface area contributed by atoms with Gasteiger partial charge in [-0.1, -0.05) is 0 Å². The third-order valence-corrected chi connectivity index (χ3v) is 3.92. The number of aliphatic imine (C=N–C) groups is 1. The second-order valence-electron chi connectivity index (χ2n) is 5.36. The van der Waals surface area contributed by atoms with Gasteiger partial charge >= 0.3 is 0 Å². The molecular formula is C14H26BrN5. The van der Waals surface area contributed by atoms with Gasteiger partial charge in [0.2, 0.25) is 0 Å². The van der Waals surface area contributed by atoms with E-state index in [0.29, 0.717) is 6.04 Å². The first-order valence-electron chi connectivity index (χ1n) is 6.74. The van der Waals surface area contributed by atoms with Crippen LogP contribution in [-0.4, -0.2) is 61.1 Å². The maximum Gasteiger partial charge on any atom is 0.193 e. The molecular weight excluding hydrogens is 318 g/mol. The molecule has 0 saturated heterocycles. The monoisotopic (exact) mass is 343 g/mol. The Morgan fingerprint density at radius 1 is 1.45 bits per heavy atom. The van der Waals surface area contributed by atoms with Crippen LogP contribution in [-0.2, 0) is 13.6 Å². The van der Waals surface area contributed by atoms with Gasteiger partial charge in [-0.2, -0.15) is 0 Å². The molecule has 0 radical (unpaired) electrons. The molecule has 0 spiro atoms. The number of nitrogens with one attached hydrogen (secondary N) is 1. The van der Waals surface area contributed by atoms with E-state index in [1.807, 2.05) is 7.05 Å². The van der Waals surface area contributed by atoms with E-state index in [4.69, 9.17) is 0 Å². The molecule has 0 aliphatic carbocycles. The number of rotatable bonds is 5. The van der Waals surface area contributed by atoms with Gasteiger partial charge in [0.05, 0.1) is 6.54 Å². The van der Waals surface area contributed by atoms with Crippen molar-refractivity contribution >= 4 is 21.9 Å². The first-order valence-corrected chi connectivity index (χ1v) is 7.53. The van der Waals surface area contributed by atoms with Crippen molar-refractivity contribution in [2.45, 2.75) is 19.5 Å². The summed E-state index contributed by atoms with van der Waals surface area (Å²) in [6.45, 7) is 3.88. The Hall–Kier alpha value is -1.01. The summed E-state index contributed by atoms with van der Waals surface area (Å²) >= 11 is 3.50. The van der Waals surface area contributed by atoms with E-state index in [9.17, 15) is 0 Å². The molecule has 0 fully saturated rings. The standard InChI is InChI=1S/C14H26BrN5/c1-11(18(3)4)8-17-14(16-2)20(6)10-13-7-12(15)9-19(13)5/h7,9,11H,8,10H2,1-6H3,(H,16,17). The average molecular weight is 344 g/mol. The lowest BCUT2D eigenvalue weighted by molar-refractivity contribution is 0.309. The summed E-state index contributed by atoms with van der Waals surface area (Å²) < 4.78 is 3.23. The Balaban J connectivity index is 2.59.